The van der Waals surface area contributed by atoms with Crippen molar-refractivity contribution in [1.29, 1.82) is 0 Å². The summed E-state index contributed by atoms with van der Waals surface area (Å²) in [7, 11) is 1.31. The number of benzene rings is 1. The first-order chi connectivity index (χ1) is 11.8. The lowest BCUT2D eigenvalue weighted by Gasteiger charge is -2.10. The maximum atomic E-state index is 12.1. The third kappa shape index (κ3) is 4.70. The number of nitrogens with two attached hydrogens (primary N) is 1. The van der Waals surface area contributed by atoms with Gasteiger partial charge < -0.3 is 20.8 Å². The summed E-state index contributed by atoms with van der Waals surface area (Å²) < 4.78 is 4.98. The lowest BCUT2D eigenvalue weighted by Crippen LogP contribution is -2.16. The van der Waals surface area contributed by atoms with Gasteiger partial charge >= 0.3 is 5.69 Å². The zero-order valence-corrected chi connectivity index (χ0v) is 14.2. The van der Waals surface area contributed by atoms with Crippen LogP contribution in [0, 0.1) is 17.0 Å². The Kier molecular flexibility index (Phi) is 5.60. The number of H-pyrrole nitrogens is 1. The second kappa shape index (κ2) is 7.66. The molecule has 0 bridgehead atoms. The third-order valence-corrected chi connectivity index (χ3v) is 3.95. The SMILES string of the molecule is COc1cc(NC(=O)CSc2nc(N)cc(=O)[nH]2)c(C)cc1[N+](=O)[O-]. The van der Waals surface area contributed by atoms with Gasteiger partial charge in [0.2, 0.25) is 5.91 Å². The molecular formula is C14H15N5O5S. The highest BCUT2D eigenvalue weighted by Crippen LogP contribution is 2.32. The Balaban J connectivity index is 2.09. The van der Waals surface area contributed by atoms with Crippen LogP contribution in [-0.4, -0.2) is 33.7 Å². The van der Waals surface area contributed by atoms with Gasteiger partial charge in [0.1, 0.15) is 5.82 Å². The highest BCUT2D eigenvalue weighted by molar-refractivity contribution is 7.99. The summed E-state index contributed by atoms with van der Waals surface area (Å²) in [5.41, 5.74) is 5.77. The molecule has 0 spiro atoms. The lowest BCUT2D eigenvalue weighted by atomic mass is 10.1. The number of aromatic amines is 1. The van der Waals surface area contributed by atoms with Gasteiger partial charge in [0.15, 0.2) is 10.9 Å². The predicted octanol–water partition coefficient (Wildman–Crippen LogP) is 1.31. The summed E-state index contributed by atoms with van der Waals surface area (Å²) in [6, 6.07) is 3.84. The molecule has 0 aliphatic rings. The van der Waals surface area contributed by atoms with Crippen LogP contribution in [0.25, 0.3) is 0 Å². The topological polar surface area (TPSA) is 153 Å². The van der Waals surface area contributed by atoms with Crippen LogP contribution in [0.1, 0.15) is 5.56 Å². The minimum atomic E-state index is -0.560. The zero-order chi connectivity index (χ0) is 18.6. The number of nitrogens with one attached hydrogen (secondary N) is 2. The van der Waals surface area contributed by atoms with E-state index in [1.807, 2.05) is 0 Å². The first kappa shape index (κ1) is 18.3. The monoisotopic (exact) mass is 365 g/mol. The molecule has 11 heteroatoms. The molecule has 0 atom stereocenters. The normalized spacial score (nSPS) is 10.3. The molecule has 0 fully saturated rings. The number of nitrogens with zero attached hydrogens (tertiary/aromatic N) is 2. The Morgan fingerprint density at radius 3 is 2.80 bits per heavy atom. The molecular weight excluding hydrogens is 350 g/mol. The molecule has 1 amide bonds. The van der Waals surface area contributed by atoms with Crippen LogP contribution in [0.15, 0.2) is 28.2 Å². The Hall–Kier alpha value is -3.08. The molecule has 0 aliphatic carbocycles. The minimum Gasteiger partial charge on any atom is -0.490 e. The van der Waals surface area contributed by atoms with Gasteiger partial charge in [0, 0.05) is 23.9 Å². The average molecular weight is 365 g/mol. The van der Waals surface area contributed by atoms with Crippen LogP contribution in [0.5, 0.6) is 5.75 Å². The van der Waals surface area contributed by atoms with E-state index in [1.54, 1.807) is 6.92 Å². The van der Waals surface area contributed by atoms with E-state index < -0.39 is 10.5 Å². The summed E-state index contributed by atoms with van der Waals surface area (Å²) >= 11 is 1.00. The zero-order valence-electron chi connectivity index (χ0n) is 13.4. The molecule has 2 rings (SSSR count). The van der Waals surface area contributed by atoms with E-state index in [0.29, 0.717) is 11.3 Å². The summed E-state index contributed by atoms with van der Waals surface area (Å²) in [6.45, 7) is 1.63. The number of aryl methyl sites for hydroxylation is 1. The molecule has 10 nitrogen and oxygen atoms in total. The van der Waals surface area contributed by atoms with Gasteiger partial charge in [-0.1, -0.05) is 11.8 Å². The number of methoxy groups -OCH3 is 1. The smallest absolute Gasteiger partial charge is 0.311 e. The number of amides is 1. The van der Waals surface area contributed by atoms with Gasteiger partial charge in [-0.2, -0.15) is 0 Å². The molecule has 2 aromatic rings. The van der Waals surface area contributed by atoms with Crippen LogP contribution >= 0.6 is 11.8 Å². The van der Waals surface area contributed by atoms with Gasteiger partial charge in [0.25, 0.3) is 5.56 Å². The van der Waals surface area contributed by atoms with Crippen molar-refractivity contribution in [2.75, 3.05) is 23.9 Å². The minimum absolute atomic E-state index is 0.0366. The van der Waals surface area contributed by atoms with E-state index >= 15 is 0 Å². The standard InChI is InChI=1S/C14H15N5O5S/c1-7-3-9(19(22)23)10(24-2)4-8(7)16-13(21)6-25-14-17-11(15)5-12(20)18-14/h3-5H,6H2,1-2H3,(H,16,21)(H3,15,17,18,20). The van der Waals surface area contributed by atoms with Crippen molar-refractivity contribution < 1.29 is 14.5 Å². The Morgan fingerprint density at radius 2 is 2.20 bits per heavy atom. The fourth-order valence-corrected chi connectivity index (χ4v) is 2.64. The molecule has 1 heterocycles. The first-order valence-electron chi connectivity index (χ1n) is 6.92. The quantitative estimate of drug-likeness (QED) is 0.300. The number of aromatic nitrogens is 2. The molecule has 0 aliphatic heterocycles. The van der Waals surface area contributed by atoms with Crippen LogP contribution in [0.4, 0.5) is 17.2 Å². The lowest BCUT2D eigenvalue weighted by molar-refractivity contribution is -0.385. The second-order valence-electron chi connectivity index (χ2n) is 4.91. The van der Waals surface area contributed by atoms with E-state index in [0.717, 1.165) is 17.8 Å². The number of nitrogen functional groups attached to an aromatic ring is 1. The second-order valence-corrected chi connectivity index (χ2v) is 5.87. The van der Waals surface area contributed by atoms with Crippen LogP contribution in [0.2, 0.25) is 0 Å². The fraction of sp³-hybridized carbons (Fsp3) is 0.214. The largest absolute Gasteiger partial charge is 0.490 e. The van der Waals surface area contributed by atoms with Crippen LogP contribution in [0.3, 0.4) is 0 Å². The van der Waals surface area contributed by atoms with E-state index in [4.69, 9.17) is 10.5 Å². The number of carbonyl (C=O) groups excluding carboxylic acids is 1. The van der Waals surface area contributed by atoms with Gasteiger partial charge in [-0.15, -0.1) is 0 Å². The van der Waals surface area contributed by atoms with E-state index in [9.17, 15) is 19.7 Å². The number of anilines is 2. The van der Waals surface area contributed by atoms with Crippen molar-refractivity contribution in [3.8, 4) is 5.75 Å². The maximum Gasteiger partial charge on any atom is 0.311 e. The number of ether oxygens (including phenoxy) is 1. The molecule has 0 saturated carbocycles. The Bertz CT molecular complexity index is 882. The fourth-order valence-electron chi connectivity index (χ4n) is 1.96. The number of hydrogen-bond donors (Lipinski definition) is 3. The van der Waals surface area contributed by atoms with Crippen molar-refractivity contribution in [2.45, 2.75) is 12.1 Å². The van der Waals surface area contributed by atoms with Crippen molar-refractivity contribution >= 4 is 34.9 Å². The number of nitro benzene ring substituents is 1. The number of thioether (sulfide) groups is 1. The first-order valence-corrected chi connectivity index (χ1v) is 7.91. The summed E-state index contributed by atoms with van der Waals surface area (Å²) in [4.78, 5) is 40.1. The molecule has 132 valence electrons. The molecule has 4 N–H and O–H groups in total. The molecule has 25 heavy (non-hydrogen) atoms. The number of nitro groups is 1. The Labute approximate surface area is 145 Å². The maximum absolute atomic E-state index is 12.1. The van der Waals surface area contributed by atoms with Gasteiger partial charge in [0.05, 0.1) is 17.8 Å². The van der Waals surface area contributed by atoms with E-state index in [1.165, 1.54) is 19.2 Å². The van der Waals surface area contributed by atoms with Gasteiger partial charge in [-0.3, -0.25) is 19.7 Å². The molecule has 1 aromatic carbocycles. The highest BCUT2D eigenvalue weighted by Gasteiger charge is 2.18. The van der Waals surface area contributed by atoms with Crippen molar-refractivity contribution in [1.82, 2.24) is 9.97 Å². The van der Waals surface area contributed by atoms with Gasteiger partial charge in [-0.05, 0) is 12.5 Å². The van der Waals surface area contributed by atoms with Crippen LogP contribution < -0.4 is 21.3 Å². The summed E-state index contributed by atoms with van der Waals surface area (Å²) in [5, 5.41) is 13.8. The molecule has 0 radical (unpaired) electrons. The Morgan fingerprint density at radius 1 is 1.48 bits per heavy atom. The van der Waals surface area contributed by atoms with Gasteiger partial charge in [-0.25, -0.2) is 4.98 Å². The summed E-state index contributed by atoms with van der Waals surface area (Å²) in [6.07, 6.45) is 0. The van der Waals surface area contributed by atoms with E-state index in [-0.39, 0.29) is 34.1 Å². The van der Waals surface area contributed by atoms with Crippen molar-refractivity contribution in [2.24, 2.45) is 0 Å². The predicted molar refractivity (Wildman–Crippen MR) is 93.0 cm³/mol. The number of rotatable bonds is 6. The number of hydrogen-bond acceptors (Lipinski definition) is 8. The van der Waals surface area contributed by atoms with Crippen molar-refractivity contribution in [3.63, 3.8) is 0 Å². The molecule has 1 aromatic heterocycles. The van der Waals surface area contributed by atoms with E-state index in [2.05, 4.69) is 15.3 Å². The highest BCUT2D eigenvalue weighted by atomic mass is 32.2. The summed E-state index contributed by atoms with van der Waals surface area (Å²) in [5.74, 6) is -0.317. The molecule has 0 unspecified atom stereocenters. The average Bonchev–Trinajstić information content (AvgIpc) is 2.53. The number of carbonyl (C=O) groups is 1. The van der Waals surface area contributed by atoms with Crippen LogP contribution in [-0.2, 0) is 4.79 Å². The van der Waals surface area contributed by atoms with Crippen molar-refractivity contribution in [3.05, 3.63) is 44.2 Å². The third-order valence-electron chi connectivity index (χ3n) is 3.08. The molecule has 0 saturated heterocycles.